The maximum absolute atomic E-state index is 11.2. The first-order valence-electron chi connectivity index (χ1n) is 22.4. The van der Waals surface area contributed by atoms with E-state index in [0.29, 0.717) is 40.0 Å². The lowest BCUT2D eigenvalue weighted by Gasteiger charge is -2.23. The second kappa shape index (κ2) is 16.6. The van der Waals surface area contributed by atoms with Crippen molar-refractivity contribution >= 4 is 110 Å². The summed E-state index contributed by atoms with van der Waals surface area (Å²) in [5.41, 5.74) is 12.5. The van der Waals surface area contributed by atoms with Crippen molar-refractivity contribution in [1.29, 1.82) is 5.26 Å². The summed E-state index contributed by atoms with van der Waals surface area (Å²) >= 11 is 0. The average molecular weight is 866 g/mol. The van der Waals surface area contributed by atoms with Crippen LogP contribution in [0.25, 0.3) is 111 Å². The molecule has 0 amide bonds. The Bertz CT molecular complexity index is 4050. The number of benzene rings is 9. The van der Waals surface area contributed by atoms with Gasteiger partial charge in [-0.05, 0) is 58.7 Å². The van der Waals surface area contributed by atoms with Crippen LogP contribution in [0.2, 0.25) is 0 Å². The van der Waals surface area contributed by atoms with E-state index in [1.54, 1.807) is 0 Å². The van der Waals surface area contributed by atoms with Gasteiger partial charge in [0.05, 0.1) is 33.3 Å². The monoisotopic (exact) mass is 866 g/mol. The maximum atomic E-state index is 11.2. The minimum atomic E-state index is 0.142. The molecule has 308 valence electrons. The molecule has 10 radical (unpaired) electrons. The molecule has 0 unspecified atom stereocenters. The van der Waals surface area contributed by atoms with Gasteiger partial charge in [0.1, 0.15) is 45.3 Å². The summed E-state index contributed by atoms with van der Waals surface area (Å²) in [6.07, 6.45) is 0. The van der Waals surface area contributed by atoms with Crippen molar-refractivity contribution in [3.05, 3.63) is 194 Å². The molecule has 0 saturated heterocycles. The maximum Gasteiger partial charge on any atom is 0.164 e. The van der Waals surface area contributed by atoms with Crippen molar-refractivity contribution in [2.24, 2.45) is 0 Å². The smallest absolute Gasteiger partial charge is 0.164 e. The molecule has 0 aliphatic heterocycles. The average Bonchev–Trinajstić information content (AvgIpc) is 3.92. The number of aromatic nitrogens is 5. The fraction of sp³-hybridized carbons (Fsp3) is 0. The normalized spacial score (nSPS) is 11.5. The molecule has 0 aliphatic carbocycles. The predicted molar refractivity (Wildman–Crippen MR) is 287 cm³/mol. The Morgan fingerprint density at radius 1 is 0.377 bits per heavy atom. The number of para-hydroxylation sites is 2. The second-order valence-corrected chi connectivity index (χ2v) is 17.0. The number of fused-ring (bicyclic) bond motifs is 7. The first-order chi connectivity index (χ1) is 33.8. The molecule has 0 fully saturated rings. The van der Waals surface area contributed by atoms with E-state index in [0.717, 1.165) is 77.0 Å². The van der Waals surface area contributed by atoms with Crippen LogP contribution in [0.4, 0.5) is 0 Å². The molecule has 0 spiro atoms. The van der Waals surface area contributed by atoms with Crippen molar-refractivity contribution in [3.63, 3.8) is 0 Å². The molecule has 12 rings (SSSR count). The van der Waals surface area contributed by atoms with E-state index < -0.39 is 0 Å². The number of nitrogens with zero attached hydrogens (tertiary/aromatic N) is 6. The lowest BCUT2D eigenvalue weighted by molar-refractivity contribution is 1.07. The third-order valence-corrected chi connectivity index (χ3v) is 13.1. The highest BCUT2D eigenvalue weighted by Crippen LogP contribution is 2.43. The summed E-state index contributed by atoms with van der Waals surface area (Å²) < 4.78 is 4.16. The van der Waals surface area contributed by atoms with Gasteiger partial charge >= 0.3 is 0 Å². The molecule has 0 atom stereocenters. The van der Waals surface area contributed by atoms with Crippen molar-refractivity contribution < 1.29 is 0 Å². The molecule has 9 aromatic carbocycles. The Hall–Kier alpha value is -8.60. The Balaban J connectivity index is 1.08. The van der Waals surface area contributed by atoms with E-state index in [1.165, 1.54) is 0 Å². The van der Waals surface area contributed by atoms with Crippen molar-refractivity contribution in [2.75, 3.05) is 0 Å². The zero-order chi connectivity index (χ0) is 46.9. The van der Waals surface area contributed by atoms with Gasteiger partial charge in [-0.15, -0.1) is 16.4 Å². The van der Waals surface area contributed by atoms with Crippen LogP contribution in [0.5, 0.6) is 0 Å². The van der Waals surface area contributed by atoms with Gasteiger partial charge in [-0.2, -0.15) is 5.26 Å². The molecule has 3 aromatic heterocycles. The third kappa shape index (κ3) is 6.74. The van der Waals surface area contributed by atoms with Crippen LogP contribution < -0.4 is 27.3 Å². The van der Waals surface area contributed by atoms with Gasteiger partial charge in [-0.1, -0.05) is 163 Å². The molecule has 6 nitrogen and oxygen atoms in total. The molecule has 12 aromatic rings. The zero-order valence-corrected chi connectivity index (χ0v) is 37.0. The van der Waals surface area contributed by atoms with Gasteiger partial charge < -0.3 is 9.13 Å². The van der Waals surface area contributed by atoms with Crippen LogP contribution in [-0.2, 0) is 0 Å². The van der Waals surface area contributed by atoms with Crippen LogP contribution in [0.15, 0.2) is 188 Å². The van der Waals surface area contributed by atoms with E-state index in [4.69, 9.17) is 54.2 Å². The van der Waals surface area contributed by atoms with E-state index in [2.05, 4.69) is 83.4 Å². The standard InChI is InChI=1S/C58H31B5N6/c59-49-50(60)52(62)55(53(63)51(49)61)69-46-22-12-10-20-43(46)48-47(69)30-28-41-40-18-9-11-21-45(40)68(54(41)48)44-29-27-37(31-38(44)32-64)57-65-56(36-25-23-34(24-26-36)33-13-3-1-4-14-33)66-58(67-57)42-19-8-7-17-39(42)35-15-5-2-6-16-35/h1-31H. The quantitative estimate of drug-likeness (QED) is 0.152. The summed E-state index contributed by atoms with van der Waals surface area (Å²) in [6.45, 7) is 0. The highest BCUT2D eigenvalue weighted by molar-refractivity contribution is 6.68. The van der Waals surface area contributed by atoms with E-state index in [-0.39, 0.29) is 27.3 Å². The largest absolute Gasteiger partial charge is 0.310 e. The molecule has 0 aliphatic rings. The third-order valence-electron chi connectivity index (χ3n) is 13.1. The topological polar surface area (TPSA) is 72.3 Å². The first-order valence-corrected chi connectivity index (χ1v) is 22.4. The second-order valence-electron chi connectivity index (χ2n) is 17.0. The highest BCUT2D eigenvalue weighted by Gasteiger charge is 2.25. The molecule has 3 heterocycles. The molecule has 0 bridgehead atoms. The summed E-state index contributed by atoms with van der Waals surface area (Å²) in [5, 5.41) is 15.0. The SMILES string of the molecule is [B]c1c([B])c([B])c(-n2c3ccccc3c3c2ccc2c4ccccc4n(-c4ccc(-c5nc(-c6ccc(-c7ccccc7)cc6)nc(-c6ccccc6-c6ccccc6)n5)cc4C#N)c23)c([B])c1[B]. The first kappa shape index (κ1) is 41.8. The van der Waals surface area contributed by atoms with E-state index in [9.17, 15) is 5.26 Å². The van der Waals surface area contributed by atoms with Gasteiger partial charge in [0, 0.05) is 43.9 Å². The van der Waals surface area contributed by atoms with Crippen molar-refractivity contribution in [3.8, 4) is 73.9 Å². The molecule has 0 N–H and O–H groups in total. The lowest BCUT2D eigenvalue weighted by Crippen LogP contribution is -2.56. The van der Waals surface area contributed by atoms with Crippen LogP contribution >= 0.6 is 0 Å². The molecular weight excluding hydrogens is 835 g/mol. The van der Waals surface area contributed by atoms with Crippen LogP contribution in [0.1, 0.15) is 5.56 Å². The Morgan fingerprint density at radius 3 is 1.57 bits per heavy atom. The van der Waals surface area contributed by atoms with Crippen molar-refractivity contribution in [1.82, 2.24) is 24.1 Å². The number of nitriles is 1. The number of hydrogen-bond acceptors (Lipinski definition) is 4. The Labute approximate surface area is 405 Å². The minimum absolute atomic E-state index is 0.142. The van der Waals surface area contributed by atoms with Gasteiger partial charge in [-0.3, -0.25) is 0 Å². The van der Waals surface area contributed by atoms with Crippen LogP contribution in [0.3, 0.4) is 0 Å². The molecular formula is C58H31B5N6. The summed E-state index contributed by atoms with van der Waals surface area (Å²) in [6, 6.07) is 65.6. The highest BCUT2D eigenvalue weighted by atomic mass is 15.0. The Morgan fingerprint density at radius 2 is 0.884 bits per heavy atom. The van der Waals surface area contributed by atoms with Gasteiger partial charge in [0.15, 0.2) is 17.5 Å². The van der Waals surface area contributed by atoms with E-state index in [1.807, 2.05) is 120 Å². The number of hydrogen-bond donors (Lipinski definition) is 0. The van der Waals surface area contributed by atoms with Gasteiger partial charge in [0.25, 0.3) is 0 Å². The number of rotatable bonds is 7. The summed E-state index contributed by atoms with van der Waals surface area (Å²) in [5.74, 6) is 1.45. The molecule has 11 heteroatoms. The van der Waals surface area contributed by atoms with Crippen molar-refractivity contribution in [2.45, 2.75) is 0 Å². The zero-order valence-electron chi connectivity index (χ0n) is 37.0. The van der Waals surface area contributed by atoms with Crippen LogP contribution in [0, 0.1) is 11.3 Å². The molecule has 69 heavy (non-hydrogen) atoms. The fourth-order valence-corrected chi connectivity index (χ4v) is 9.78. The van der Waals surface area contributed by atoms with E-state index >= 15 is 0 Å². The summed E-state index contributed by atoms with van der Waals surface area (Å²) in [4.78, 5) is 15.4. The fourth-order valence-electron chi connectivity index (χ4n) is 9.78. The Kier molecular flexibility index (Phi) is 10.1. The van der Waals surface area contributed by atoms with Gasteiger partial charge in [0.2, 0.25) is 0 Å². The molecule has 0 saturated carbocycles. The predicted octanol–water partition coefficient (Wildman–Crippen LogP) is 8.24. The lowest BCUT2D eigenvalue weighted by atomic mass is 9.61. The van der Waals surface area contributed by atoms with Gasteiger partial charge in [-0.25, -0.2) is 15.0 Å². The minimum Gasteiger partial charge on any atom is -0.310 e. The summed E-state index contributed by atoms with van der Waals surface area (Å²) in [7, 11) is 32.7. The van der Waals surface area contributed by atoms with Crippen LogP contribution in [-0.4, -0.2) is 63.3 Å².